The molecule has 2 aromatic heterocycles. The van der Waals surface area contributed by atoms with Gasteiger partial charge in [0.2, 0.25) is 5.88 Å². The number of aromatic nitrogens is 2. The van der Waals surface area contributed by atoms with Crippen LogP contribution in [0.3, 0.4) is 0 Å². The van der Waals surface area contributed by atoms with Gasteiger partial charge in [-0.2, -0.15) is 0 Å². The van der Waals surface area contributed by atoms with Crippen molar-refractivity contribution in [2.45, 2.75) is 39.0 Å². The van der Waals surface area contributed by atoms with Gasteiger partial charge in [0, 0.05) is 44.6 Å². The minimum absolute atomic E-state index is 0.215. The zero-order valence-electron chi connectivity index (χ0n) is 17.3. The van der Waals surface area contributed by atoms with Gasteiger partial charge in [0.15, 0.2) is 0 Å². The first kappa shape index (κ1) is 20.4. The number of hydrogen-bond donors (Lipinski definition) is 2. The lowest BCUT2D eigenvalue weighted by molar-refractivity contribution is 0.0529. The van der Waals surface area contributed by atoms with Crippen molar-refractivity contribution in [3.8, 4) is 5.88 Å². The molecule has 4 rings (SSSR count). The van der Waals surface area contributed by atoms with Crippen LogP contribution in [0.15, 0.2) is 36.7 Å². The lowest BCUT2D eigenvalue weighted by Crippen LogP contribution is -2.41. The van der Waals surface area contributed by atoms with Crippen LogP contribution in [0, 0.1) is 5.92 Å². The predicted molar refractivity (Wildman–Crippen MR) is 113 cm³/mol. The number of anilines is 1. The summed E-state index contributed by atoms with van der Waals surface area (Å²) >= 11 is 0. The first-order valence-corrected chi connectivity index (χ1v) is 10.6. The third-order valence-corrected chi connectivity index (χ3v) is 5.24. The molecular weight excluding hydrogens is 382 g/mol. The Balaban J connectivity index is 1.17. The van der Waals surface area contributed by atoms with E-state index in [1.54, 1.807) is 12.4 Å². The minimum Gasteiger partial charge on any atom is -0.477 e. The summed E-state index contributed by atoms with van der Waals surface area (Å²) in [6.07, 6.45) is 6.26. The Kier molecular flexibility index (Phi) is 6.63. The minimum atomic E-state index is -0.227. The highest BCUT2D eigenvalue weighted by molar-refractivity contribution is 5.73. The smallest absolute Gasteiger partial charge is 0.315 e. The average Bonchev–Trinajstić information content (AvgIpc) is 3.60. The van der Waals surface area contributed by atoms with E-state index in [0.29, 0.717) is 24.9 Å². The molecule has 2 N–H and O–H groups in total. The molecule has 1 unspecified atom stereocenters. The highest BCUT2D eigenvalue weighted by Crippen LogP contribution is 2.29. The lowest BCUT2D eigenvalue weighted by atomic mass is 10.2. The van der Waals surface area contributed by atoms with Gasteiger partial charge in [0.1, 0.15) is 5.82 Å². The van der Waals surface area contributed by atoms with E-state index in [1.165, 1.54) is 12.8 Å². The van der Waals surface area contributed by atoms with E-state index < -0.39 is 0 Å². The van der Waals surface area contributed by atoms with Gasteiger partial charge in [-0.3, -0.25) is 0 Å². The van der Waals surface area contributed by atoms with Crippen LogP contribution in [0.25, 0.3) is 0 Å². The first-order valence-electron chi connectivity index (χ1n) is 10.6. The maximum Gasteiger partial charge on any atom is 0.315 e. The number of nitrogens with one attached hydrogen (secondary N) is 2. The number of morpholine rings is 1. The number of carbonyl (C=O) groups is 1. The molecule has 1 saturated carbocycles. The Labute approximate surface area is 177 Å². The largest absolute Gasteiger partial charge is 0.477 e. The number of urea groups is 1. The molecule has 1 aliphatic carbocycles. The van der Waals surface area contributed by atoms with Crippen molar-refractivity contribution in [1.29, 1.82) is 0 Å². The Morgan fingerprint density at radius 2 is 1.87 bits per heavy atom. The molecule has 0 aromatic carbocycles. The lowest BCUT2D eigenvalue weighted by Gasteiger charge is -2.32. The van der Waals surface area contributed by atoms with Gasteiger partial charge in [-0.1, -0.05) is 12.1 Å². The number of carbonyl (C=O) groups excluding carboxylic acids is 1. The molecule has 1 saturated heterocycles. The third-order valence-electron chi connectivity index (χ3n) is 5.24. The Morgan fingerprint density at radius 1 is 1.13 bits per heavy atom. The molecule has 2 amide bonds. The van der Waals surface area contributed by atoms with Crippen molar-refractivity contribution in [3.05, 3.63) is 47.8 Å². The molecule has 0 radical (unpaired) electrons. The van der Waals surface area contributed by atoms with Crippen LogP contribution in [0.1, 0.15) is 30.9 Å². The van der Waals surface area contributed by atoms with Crippen LogP contribution < -0.4 is 20.3 Å². The molecule has 2 aromatic rings. The van der Waals surface area contributed by atoms with Gasteiger partial charge in [-0.25, -0.2) is 14.8 Å². The van der Waals surface area contributed by atoms with Crippen LogP contribution in [-0.2, 0) is 17.8 Å². The predicted octanol–water partition coefficient (Wildman–Crippen LogP) is 2.49. The Bertz CT molecular complexity index is 824. The molecule has 2 aliphatic rings. The van der Waals surface area contributed by atoms with Crippen molar-refractivity contribution in [2.24, 2.45) is 5.92 Å². The standard InChI is InChI=1S/C22H29N5O3/c1-16-14-27(8-9-29-16)20-6-4-18(10-23-20)12-25-22(28)26-13-19-5-7-21(24-11-19)30-15-17-2-3-17/h4-7,10-11,16-17H,2-3,8-9,12-15H2,1H3,(H2,25,26,28). The number of nitrogens with zero attached hydrogens (tertiary/aromatic N) is 3. The fourth-order valence-corrected chi connectivity index (χ4v) is 3.25. The van der Waals surface area contributed by atoms with E-state index in [9.17, 15) is 4.79 Å². The normalized spacial score (nSPS) is 18.7. The quantitative estimate of drug-likeness (QED) is 0.694. The van der Waals surface area contributed by atoms with Gasteiger partial charge in [-0.15, -0.1) is 0 Å². The van der Waals surface area contributed by atoms with E-state index in [-0.39, 0.29) is 12.1 Å². The maximum atomic E-state index is 12.1. The molecule has 3 heterocycles. The molecule has 2 fully saturated rings. The molecule has 1 atom stereocenters. The molecule has 8 heteroatoms. The summed E-state index contributed by atoms with van der Waals surface area (Å²) in [6.45, 7) is 6.05. The molecule has 160 valence electrons. The second-order valence-corrected chi connectivity index (χ2v) is 7.95. The fraction of sp³-hybridized carbons (Fsp3) is 0.500. The topological polar surface area (TPSA) is 88.6 Å². The molecule has 1 aliphatic heterocycles. The van der Waals surface area contributed by atoms with Crippen molar-refractivity contribution in [1.82, 2.24) is 20.6 Å². The van der Waals surface area contributed by atoms with Gasteiger partial charge >= 0.3 is 6.03 Å². The average molecular weight is 412 g/mol. The Morgan fingerprint density at radius 3 is 2.47 bits per heavy atom. The number of pyridine rings is 2. The van der Waals surface area contributed by atoms with Gasteiger partial charge in [0.25, 0.3) is 0 Å². The SMILES string of the molecule is CC1CN(c2ccc(CNC(=O)NCc3ccc(OCC4CC4)nc3)cn2)CCO1. The maximum absolute atomic E-state index is 12.1. The fourth-order valence-electron chi connectivity index (χ4n) is 3.25. The second-order valence-electron chi connectivity index (χ2n) is 7.95. The van der Waals surface area contributed by atoms with Gasteiger partial charge < -0.3 is 25.0 Å². The molecule has 8 nitrogen and oxygen atoms in total. The zero-order chi connectivity index (χ0) is 20.8. The van der Waals surface area contributed by atoms with Gasteiger partial charge in [-0.05, 0) is 42.9 Å². The molecule has 0 spiro atoms. The summed E-state index contributed by atoms with van der Waals surface area (Å²) < 4.78 is 11.2. The van der Waals surface area contributed by atoms with Crippen LogP contribution in [0.5, 0.6) is 5.88 Å². The molecule has 0 bridgehead atoms. The summed E-state index contributed by atoms with van der Waals surface area (Å²) in [6, 6.07) is 7.53. The number of ether oxygens (including phenoxy) is 2. The van der Waals surface area contributed by atoms with E-state index in [0.717, 1.165) is 43.2 Å². The molecule has 30 heavy (non-hydrogen) atoms. The first-order chi connectivity index (χ1) is 14.7. The van der Waals surface area contributed by atoms with Crippen LogP contribution in [0.2, 0.25) is 0 Å². The molecular formula is C22H29N5O3. The van der Waals surface area contributed by atoms with E-state index in [1.807, 2.05) is 24.3 Å². The van der Waals surface area contributed by atoms with Crippen molar-refractivity contribution >= 4 is 11.8 Å². The number of hydrogen-bond acceptors (Lipinski definition) is 6. The monoisotopic (exact) mass is 411 g/mol. The van der Waals surface area contributed by atoms with Crippen LogP contribution in [-0.4, -0.2) is 48.4 Å². The summed E-state index contributed by atoms with van der Waals surface area (Å²) in [5, 5.41) is 5.70. The van der Waals surface area contributed by atoms with Crippen LogP contribution >= 0.6 is 0 Å². The van der Waals surface area contributed by atoms with Gasteiger partial charge in [0.05, 0.1) is 19.3 Å². The third kappa shape index (κ3) is 6.06. The highest BCUT2D eigenvalue weighted by Gasteiger charge is 2.22. The van der Waals surface area contributed by atoms with Crippen molar-refractivity contribution in [2.75, 3.05) is 31.2 Å². The zero-order valence-corrected chi connectivity index (χ0v) is 17.3. The summed E-state index contributed by atoms with van der Waals surface area (Å²) in [4.78, 5) is 23.1. The summed E-state index contributed by atoms with van der Waals surface area (Å²) in [5.74, 6) is 2.28. The Hall–Kier alpha value is -2.87. The second kappa shape index (κ2) is 9.75. The summed E-state index contributed by atoms with van der Waals surface area (Å²) in [7, 11) is 0. The van der Waals surface area contributed by atoms with E-state index in [2.05, 4.69) is 32.4 Å². The van der Waals surface area contributed by atoms with Crippen molar-refractivity contribution < 1.29 is 14.3 Å². The number of rotatable bonds is 8. The van der Waals surface area contributed by atoms with E-state index >= 15 is 0 Å². The number of amides is 2. The van der Waals surface area contributed by atoms with Crippen molar-refractivity contribution in [3.63, 3.8) is 0 Å². The highest BCUT2D eigenvalue weighted by atomic mass is 16.5. The van der Waals surface area contributed by atoms with E-state index in [4.69, 9.17) is 9.47 Å². The summed E-state index contributed by atoms with van der Waals surface area (Å²) in [5.41, 5.74) is 1.88. The van der Waals surface area contributed by atoms with Crippen LogP contribution in [0.4, 0.5) is 10.6 Å².